The summed E-state index contributed by atoms with van der Waals surface area (Å²) in [5, 5.41) is 58.9. The standard InChI is InChI=1S/C23H24O11/c24-13-4-1-11(7-15(13)26)2-6-19(28)31-10-18-20(29)21(30)22-23(34-18)32-9-17(33-22)12-3-5-14(25)16(27)8-12/h1-8,17-18,20-27,29-30H,9-10H2/b6-2+/t17?,18-,20-,21+,22-,23-/m1/s1. The van der Waals surface area contributed by atoms with E-state index in [0.717, 1.165) is 6.08 Å². The van der Waals surface area contributed by atoms with E-state index in [4.69, 9.17) is 18.9 Å². The zero-order valence-corrected chi connectivity index (χ0v) is 17.7. The summed E-state index contributed by atoms with van der Waals surface area (Å²) in [4.78, 5) is 12.0. The molecule has 0 spiro atoms. The number of carbonyl (C=O) groups is 1. The minimum Gasteiger partial charge on any atom is -0.504 e. The second kappa shape index (κ2) is 9.87. The van der Waals surface area contributed by atoms with Gasteiger partial charge in [0.1, 0.15) is 37.1 Å². The lowest BCUT2D eigenvalue weighted by atomic mass is 9.97. The summed E-state index contributed by atoms with van der Waals surface area (Å²) in [5.41, 5.74) is 0.948. The van der Waals surface area contributed by atoms with Gasteiger partial charge in [0.05, 0.1) is 6.61 Å². The van der Waals surface area contributed by atoms with Gasteiger partial charge in [-0.1, -0.05) is 12.1 Å². The lowest BCUT2D eigenvalue weighted by molar-refractivity contribution is -0.350. The number of phenolic OH excluding ortho intramolecular Hbond substituents is 4. The Balaban J connectivity index is 1.33. The number of benzene rings is 2. The van der Waals surface area contributed by atoms with E-state index in [9.17, 15) is 35.4 Å². The molecule has 11 heteroatoms. The van der Waals surface area contributed by atoms with Crippen LogP contribution in [0, 0.1) is 0 Å². The first-order valence-corrected chi connectivity index (χ1v) is 10.4. The van der Waals surface area contributed by atoms with Crippen LogP contribution in [0.25, 0.3) is 6.08 Å². The summed E-state index contributed by atoms with van der Waals surface area (Å²) in [6.07, 6.45) is -4.23. The molecule has 0 radical (unpaired) electrons. The lowest BCUT2D eigenvalue weighted by Crippen LogP contribution is -2.62. The molecule has 6 N–H and O–H groups in total. The van der Waals surface area contributed by atoms with Crippen LogP contribution in [-0.4, -0.2) is 80.5 Å². The Hall–Kier alpha value is -3.35. The highest BCUT2D eigenvalue weighted by Crippen LogP contribution is 2.36. The number of ether oxygens (including phenoxy) is 4. The van der Waals surface area contributed by atoms with E-state index in [-0.39, 0.29) is 36.2 Å². The van der Waals surface area contributed by atoms with Crippen LogP contribution in [-0.2, 0) is 23.7 Å². The number of phenols is 4. The summed E-state index contributed by atoms with van der Waals surface area (Å²) in [6.45, 7) is -0.354. The summed E-state index contributed by atoms with van der Waals surface area (Å²) < 4.78 is 22.2. The van der Waals surface area contributed by atoms with Crippen LogP contribution in [0.3, 0.4) is 0 Å². The van der Waals surface area contributed by atoms with Crippen LogP contribution >= 0.6 is 0 Å². The molecule has 1 unspecified atom stereocenters. The van der Waals surface area contributed by atoms with Gasteiger partial charge >= 0.3 is 5.97 Å². The number of fused-ring (bicyclic) bond motifs is 1. The molecule has 4 rings (SSSR count). The number of hydrogen-bond donors (Lipinski definition) is 6. The molecule has 2 fully saturated rings. The number of aliphatic hydroxyl groups is 2. The summed E-state index contributed by atoms with van der Waals surface area (Å²) >= 11 is 0. The largest absolute Gasteiger partial charge is 0.504 e. The van der Waals surface area contributed by atoms with Crippen molar-refractivity contribution in [1.29, 1.82) is 0 Å². The minimum atomic E-state index is -1.44. The highest BCUT2D eigenvalue weighted by atomic mass is 16.7. The van der Waals surface area contributed by atoms with Gasteiger partial charge in [0, 0.05) is 6.08 Å². The van der Waals surface area contributed by atoms with Gasteiger partial charge in [-0.15, -0.1) is 0 Å². The van der Waals surface area contributed by atoms with Crippen molar-refractivity contribution in [2.24, 2.45) is 0 Å². The van der Waals surface area contributed by atoms with Crippen LogP contribution in [0.15, 0.2) is 42.5 Å². The zero-order valence-electron chi connectivity index (χ0n) is 17.7. The Morgan fingerprint density at radius 3 is 2.35 bits per heavy atom. The third kappa shape index (κ3) is 5.08. The first-order valence-electron chi connectivity index (χ1n) is 10.4. The van der Waals surface area contributed by atoms with Gasteiger partial charge in [0.2, 0.25) is 0 Å². The molecule has 182 valence electrons. The van der Waals surface area contributed by atoms with E-state index in [1.54, 1.807) is 0 Å². The maximum absolute atomic E-state index is 12.0. The maximum Gasteiger partial charge on any atom is 0.330 e. The number of aromatic hydroxyl groups is 4. The molecule has 34 heavy (non-hydrogen) atoms. The minimum absolute atomic E-state index is 0.0168. The first-order chi connectivity index (χ1) is 16.2. The molecule has 2 aromatic rings. The maximum atomic E-state index is 12.0. The predicted molar refractivity (Wildman–Crippen MR) is 114 cm³/mol. The van der Waals surface area contributed by atoms with Gasteiger partial charge in [0.15, 0.2) is 29.3 Å². The molecule has 0 bridgehead atoms. The average Bonchev–Trinajstić information content (AvgIpc) is 2.82. The Morgan fingerprint density at radius 1 is 0.941 bits per heavy atom. The van der Waals surface area contributed by atoms with Crippen molar-refractivity contribution < 1.29 is 54.4 Å². The molecule has 11 nitrogen and oxygen atoms in total. The molecular formula is C23H24O11. The SMILES string of the molecule is O=C(/C=C/c1ccc(O)c(O)c1)OC[C@H]1O[C@H]2OCC(c3ccc(O)c(O)c3)O[C@@H]2[C@@H](O)[C@@H]1O. The van der Waals surface area contributed by atoms with Gasteiger partial charge in [-0.2, -0.15) is 0 Å². The Bertz CT molecular complexity index is 1070. The van der Waals surface area contributed by atoms with Crippen molar-refractivity contribution in [3.05, 3.63) is 53.6 Å². The number of aliphatic hydroxyl groups excluding tert-OH is 2. The quantitative estimate of drug-likeness (QED) is 0.203. The average molecular weight is 476 g/mol. The van der Waals surface area contributed by atoms with Crippen LogP contribution in [0.2, 0.25) is 0 Å². The highest BCUT2D eigenvalue weighted by molar-refractivity contribution is 5.87. The number of carbonyl (C=O) groups excluding carboxylic acids is 1. The van der Waals surface area contributed by atoms with Gasteiger partial charge in [0.25, 0.3) is 0 Å². The molecule has 2 aromatic carbocycles. The van der Waals surface area contributed by atoms with Crippen LogP contribution in [0.1, 0.15) is 17.2 Å². The van der Waals surface area contributed by atoms with Gasteiger partial charge in [-0.25, -0.2) is 4.79 Å². The molecule has 0 amide bonds. The van der Waals surface area contributed by atoms with Gasteiger partial charge < -0.3 is 49.6 Å². The van der Waals surface area contributed by atoms with Crippen molar-refractivity contribution in [3.63, 3.8) is 0 Å². The van der Waals surface area contributed by atoms with E-state index in [0.29, 0.717) is 11.1 Å². The normalized spacial score (nSPS) is 29.0. The number of esters is 1. The summed E-state index contributed by atoms with van der Waals surface area (Å²) in [6, 6.07) is 8.15. The van der Waals surface area contributed by atoms with E-state index in [2.05, 4.69) is 0 Å². The van der Waals surface area contributed by atoms with E-state index in [1.165, 1.54) is 42.5 Å². The fourth-order valence-corrected chi connectivity index (χ4v) is 3.67. The van der Waals surface area contributed by atoms with Crippen molar-refractivity contribution in [2.45, 2.75) is 36.8 Å². The Kier molecular flexibility index (Phi) is 6.91. The highest BCUT2D eigenvalue weighted by Gasteiger charge is 2.49. The van der Waals surface area contributed by atoms with Crippen LogP contribution < -0.4 is 0 Å². The van der Waals surface area contributed by atoms with Crippen molar-refractivity contribution in [1.82, 2.24) is 0 Å². The zero-order chi connectivity index (χ0) is 24.4. The molecule has 6 atom stereocenters. The fraction of sp³-hybridized carbons (Fsp3) is 0.348. The predicted octanol–water partition coefficient (Wildman–Crippen LogP) is 0.669. The lowest BCUT2D eigenvalue weighted by Gasteiger charge is -2.46. The van der Waals surface area contributed by atoms with Crippen molar-refractivity contribution in [2.75, 3.05) is 13.2 Å². The van der Waals surface area contributed by atoms with Crippen LogP contribution in [0.4, 0.5) is 0 Å². The summed E-state index contributed by atoms with van der Waals surface area (Å²) in [5.74, 6) is -2.00. The molecule has 2 aliphatic rings. The fourth-order valence-electron chi connectivity index (χ4n) is 3.67. The molecule has 2 saturated heterocycles. The molecule has 2 aliphatic heterocycles. The molecule has 0 aromatic heterocycles. The molecule has 2 heterocycles. The Labute approximate surface area is 193 Å². The second-order valence-electron chi connectivity index (χ2n) is 7.91. The summed E-state index contributed by atoms with van der Waals surface area (Å²) in [7, 11) is 0. The third-order valence-corrected chi connectivity index (χ3v) is 5.55. The second-order valence-corrected chi connectivity index (χ2v) is 7.91. The van der Waals surface area contributed by atoms with Crippen molar-refractivity contribution >= 4 is 12.0 Å². The van der Waals surface area contributed by atoms with E-state index in [1.807, 2.05) is 0 Å². The van der Waals surface area contributed by atoms with Crippen LogP contribution in [0.5, 0.6) is 23.0 Å². The van der Waals surface area contributed by atoms with Gasteiger partial charge in [-0.3, -0.25) is 0 Å². The smallest absolute Gasteiger partial charge is 0.330 e. The van der Waals surface area contributed by atoms with Crippen molar-refractivity contribution in [3.8, 4) is 23.0 Å². The Morgan fingerprint density at radius 2 is 1.65 bits per heavy atom. The number of rotatable bonds is 5. The monoisotopic (exact) mass is 476 g/mol. The molecular weight excluding hydrogens is 452 g/mol. The topological polar surface area (TPSA) is 175 Å². The number of hydrogen-bond acceptors (Lipinski definition) is 11. The van der Waals surface area contributed by atoms with E-state index >= 15 is 0 Å². The van der Waals surface area contributed by atoms with E-state index < -0.39 is 42.8 Å². The molecule has 0 aliphatic carbocycles. The first kappa shape index (κ1) is 23.8. The van der Waals surface area contributed by atoms with Gasteiger partial charge in [-0.05, 0) is 41.5 Å². The molecule has 0 saturated carbocycles. The third-order valence-electron chi connectivity index (χ3n) is 5.55.